The highest BCUT2D eigenvalue weighted by Crippen LogP contribution is 2.39. The van der Waals surface area contributed by atoms with Crippen molar-refractivity contribution in [3.63, 3.8) is 0 Å². The second kappa shape index (κ2) is 12.3. The number of carbonyl (C=O) groups is 1. The van der Waals surface area contributed by atoms with Crippen LogP contribution in [0.5, 0.6) is 5.19 Å². The number of aromatic nitrogens is 2. The lowest BCUT2D eigenvalue weighted by molar-refractivity contribution is -0.139. The van der Waals surface area contributed by atoms with E-state index in [0.717, 1.165) is 35.6 Å². The van der Waals surface area contributed by atoms with Gasteiger partial charge in [-0.1, -0.05) is 17.4 Å². The smallest absolute Gasteiger partial charge is 0.392 e. The Morgan fingerprint density at radius 2 is 1.95 bits per heavy atom. The highest BCUT2D eigenvalue weighted by Gasteiger charge is 2.36. The van der Waals surface area contributed by atoms with Crippen molar-refractivity contribution < 1.29 is 27.1 Å². The van der Waals surface area contributed by atoms with Gasteiger partial charge in [0.25, 0.3) is 5.19 Å². The van der Waals surface area contributed by atoms with E-state index in [2.05, 4.69) is 9.88 Å². The number of thiazole rings is 1. The van der Waals surface area contributed by atoms with Crippen LogP contribution in [0, 0.1) is 5.92 Å². The molecule has 0 unspecified atom stereocenters. The first kappa shape index (κ1) is 28.7. The summed E-state index contributed by atoms with van der Waals surface area (Å²) in [5.41, 5.74) is 0.367. The van der Waals surface area contributed by atoms with Gasteiger partial charge in [-0.15, -0.1) is 0 Å². The predicted molar refractivity (Wildman–Crippen MR) is 138 cm³/mol. The second-order valence-electron chi connectivity index (χ2n) is 10.7. The van der Waals surface area contributed by atoms with Gasteiger partial charge in [-0.3, -0.25) is 9.59 Å². The number of ether oxygens (including phenoxy) is 1. The van der Waals surface area contributed by atoms with Gasteiger partial charge in [0.1, 0.15) is 11.5 Å². The van der Waals surface area contributed by atoms with Crippen LogP contribution < -0.4 is 10.3 Å². The molecule has 1 aliphatic carbocycles. The summed E-state index contributed by atoms with van der Waals surface area (Å²) in [5, 5.41) is 0.292. The Hall–Kier alpha value is -2.27. The van der Waals surface area contributed by atoms with Gasteiger partial charge in [-0.2, -0.15) is 13.2 Å². The molecule has 6 nitrogen and oxygen atoms in total. The standard InChI is InChI=1S/C27H35F4N3O3S/c1-33-18-20(2-3-24(33)36)17-21(35)16-19-4-8-26(28,9-5-19)10-14-34-12-6-22-23(7-13-34)38-25(32-22)37-15-11-27(29,30)31/h2-3,18-19H,4-17H2,1H3. The predicted octanol–water partition coefficient (Wildman–Crippen LogP) is 5.06. The first-order chi connectivity index (χ1) is 18.0. The molecule has 2 aromatic heterocycles. The van der Waals surface area contributed by atoms with Crippen molar-refractivity contribution in [3.05, 3.63) is 44.8 Å². The maximum Gasteiger partial charge on any atom is 0.392 e. The minimum atomic E-state index is -4.25. The lowest BCUT2D eigenvalue weighted by Gasteiger charge is -2.35. The largest absolute Gasteiger partial charge is 0.470 e. The topological polar surface area (TPSA) is 64.4 Å². The zero-order valence-corrected chi connectivity index (χ0v) is 22.5. The lowest BCUT2D eigenvalue weighted by Crippen LogP contribution is -2.36. The Morgan fingerprint density at radius 1 is 1.21 bits per heavy atom. The summed E-state index contributed by atoms with van der Waals surface area (Å²) in [5.74, 6) is 0.325. The Balaban J connectivity index is 1.16. The average molecular weight is 558 g/mol. The van der Waals surface area contributed by atoms with Gasteiger partial charge in [0.15, 0.2) is 0 Å². The number of hydrogen-bond acceptors (Lipinski definition) is 6. The second-order valence-corrected chi connectivity index (χ2v) is 11.7. The van der Waals surface area contributed by atoms with Crippen molar-refractivity contribution in [2.75, 3.05) is 26.2 Å². The van der Waals surface area contributed by atoms with Crippen molar-refractivity contribution >= 4 is 17.1 Å². The van der Waals surface area contributed by atoms with E-state index in [0.29, 0.717) is 63.1 Å². The number of nitrogens with zero attached hydrogens (tertiary/aromatic N) is 3. The van der Waals surface area contributed by atoms with Crippen LogP contribution in [0.3, 0.4) is 0 Å². The van der Waals surface area contributed by atoms with Crippen LogP contribution in [0.1, 0.15) is 61.1 Å². The fourth-order valence-electron chi connectivity index (χ4n) is 5.31. The van der Waals surface area contributed by atoms with Crippen molar-refractivity contribution in [1.82, 2.24) is 14.5 Å². The van der Waals surface area contributed by atoms with Gasteiger partial charge in [-0.05, 0) is 50.0 Å². The molecule has 0 saturated heterocycles. The number of hydrogen-bond donors (Lipinski definition) is 0. The van der Waals surface area contributed by atoms with Crippen LogP contribution in [0.2, 0.25) is 0 Å². The molecule has 0 radical (unpaired) electrons. The number of alkyl halides is 4. The molecule has 11 heteroatoms. The molecule has 1 fully saturated rings. The highest BCUT2D eigenvalue weighted by atomic mass is 32.1. The Kier molecular flexibility index (Phi) is 9.28. The molecule has 2 aromatic rings. The normalized spacial score (nSPS) is 22.6. The van der Waals surface area contributed by atoms with E-state index in [1.165, 1.54) is 22.0 Å². The molecule has 3 heterocycles. The van der Waals surface area contributed by atoms with Crippen LogP contribution in [0.25, 0.3) is 0 Å². The van der Waals surface area contributed by atoms with E-state index >= 15 is 4.39 Å². The summed E-state index contributed by atoms with van der Waals surface area (Å²) < 4.78 is 59.2. The van der Waals surface area contributed by atoms with Gasteiger partial charge < -0.3 is 14.2 Å². The third kappa shape index (κ3) is 8.36. The summed E-state index contributed by atoms with van der Waals surface area (Å²) >= 11 is 1.31. The molecule has 0 atom stereocenters. The van der Waals surface area contributed by atoms with Gasteiger partial charge in [-0.25, -0.2) is 9.37 Å². The number of aryl methyl sites for hydroxylation is 1. The fourth-order valence-corrected chi connectivity index (χ4v) is 6.28. The van der Waals surface area contributed by atoms with E-state index in [9.17, 15) is 22.8 Å². The van der Waals surface area contributed by atoms with Crippen LogP contribution >= 0.6 is 11.3 Å². The van der Waals surface area contributed by atoms with Gasteiger partial charge in [0.2, 0.25) is 5.56 Å². The maximum atomic E-state index is 15.6. The average Bonchev–Trinajstić information content (AvgIpc) is 3.13. The van der Waals surface area contributed by atoms with E-state index < -0.39 is 24.9 Å². The summed E-state index contributed by atoms with van der Waals surface area (Å²) in [6.45, 7) is 1.72. The quantitative estimate of drug-likeness (QED) is 0.382. The third-order valence-electron chi connectivity index (χ3n) is 7.63. The van der Waals surface area contributed by atoms with Crippen LogP contribution in [0.15, 0.2) is 23.1 Å². The first-order valence-corrected chi connectivity index (χ1v) is 14.1. The molecule has 0 spiro atoms. The number of Topliss-reactive ketones (excluding diaryl/α,β-unsaturated/α-hetero) is 1. The highest BCUT2D eigenvalue weighted by molar-refractivity contribution is 7.13. The monoisotopic (exact) mass is 557 g/mol. The van der Waals surface area contributed by atoms with Crippen LogP contribution in [-0.4, -0.2) is 58.3 Å². The molecule has 1 aliphatic heterocycles. The number of ketones is 1. The van der Waals surface area contributed by atoms with Crippen molar-refractivity contribution in [1.29, 1.82) is 0 Å². The third-order valence-corrected chi connectivity index (χ3v) is 8.70. The van der Waals surface area contributed by atoms with E-state index in [-0.39, 0.29) is 17.3 Å². The minimum Gasteiger partial charge on any atom is -0.470 e. The molecular formula is C27H35F4N3O3S. The fraction of sp³-hybridized carbons (Fsp3) is 0.667. The van der Waals surface area contributed by atoms with Crippen molar-refractivity contribution in [2.24, 2.45) is 13.0 Å². The molecule has 1 saturated carbocycles. The first-order valence-electron chi connectivity index (χ1n) is 13.2. The van der Waals surface area contributed by atoms with Crippen LogP contribution in [0.4, 0.5) is 17.6 Å². The number of rotatable bonds is 10. The molecule has 4 rings (SSSR count). The Morgan fingerprint density at radius 3 is 2.66 bits per heavy atom. The zero-order valence-electron chi connectivity index (χ0n) is 21.7. The zero-order chi connectivity index (χ0) is 27.3. The SMILES string of the molecule is Cn1cc(CC(=O)CC2CCC(F)(CCN3CCc4nc(OCCC(F)(F)F)sc4CC3)CC2)ccc1=O. The lowest BCUT2D eigenvalue weighted by atomic mass is 9.76. The Bertz CT molecular complexity index is 1130. The minimum absolute atomic E-state index is 0.109. The number of fused-ring (bicyclic) bond motifs is 1. The molecule has 0 aromatic carbocycles. The number of halogens is 4. The summed E-state index contributed by atoms with van der Waals surface area (Å²) in [6.07, 6.45) is 1.39. The van der Waals surface area contributed by atoms with E-state index in [1.807, 2.05) is 0 Å². The molecule has 210 valence electrons. The van der Waals surface area contributed by atoms with E-state index in [4.69, 9.17) is 4.74 Å². The summed E-state index contributed by atoms with van der Waals surface area (Å²) in [7, 11) is 1.66. The Labute approximate surface area is 224 Å². The molecule has 2 aliphatic rings. The maximum absolute atomic E-state index is 15.6. The van der Waals surface area contributed by atoms with Crippen molar-refractivity contribution in [3.8, 4) is 5.19 Å². The molecule has 0 N–H and O–H groups in total. The van der Waals surface area contributed by atoms with E-state index in [1.54, 1.807) is 19.3 Å². The molecule has 38 heavy (non-hydrogen) atoms. The van der Waals surface area contributed by atoms with Crippen LogP contribution in [-0.2, 0) is 31.1 Å². The molecular weight excluding hydrogens is 522 g/mol. The number of carbonyl (C=O) groups excluding carboxylic acids is 1. The van der Waals surface area contributed by atoms with Gasteiger partial charge >= 0.3 is 6.18 Å². The van der Waals surface area contributed by atoms with Gasteiger partial charge in [0, 0.05) is 63.1 Å². The molecule has 0 amide bonds. The summed E-state index contributed by atoms with van der Waals surface area (Å²) in [6, 6.07) is 3.16. The molecule has 0 bridgehead atoms. The van der Waals surface area contributed by atoms with Gasteiger partial charge in [0.05, 0.1) is 18.7 Å². The van der Waals surface area contributed by atoms with Crippen molar-refractivity contribution in [2.45, 2.75) is 76.1 Å². The number of pyridine rings is 1. The summed E-state index contributed by atoms with van der Waals surface area (Å²) in [4.78, 5) is 31.7.